The number of ether oxygens (including phenoxy) is 2. The Labute approximate surface area is 133 Å². The number of aromatic carboxylic acids is 1. The molecule has 6 nitrogen and oxygen atoms in total. The monoisotopic (exact) mass is 274 g/mol. The molecule has 0 saturated heterocycles. The molecule has 1 aliphatic heterocycles. The smallest absolute Gasteiger partial charge is 0.545 e. The average Bonchev–Trinajstić information content (AvgIpc) is 2.28. The van der Waals surface area contributed by atoms with Gasteiger partial charge in [0.2, 0.25) is 0 Å². The predicted molar refractivity (Wildman–Crippen MR) is 60.8 cm³/mol. The number of benzene rings is 1. The minimum Gasteiger partial charge on any atom is -0.545 e. The molecule has 2 rings (SSSR count). The molecule has 0 saturated carbocycles. The van der Waals surface area contributed by atoms with Crippen LogP contribution in [-0.4, -0.2) is 31.2 Å². The van der Waals surface area contributed by atoms with Crippen molar-refractivity contribution in [3.63, 3.8) is 0 Å². The molecular weight excluding hydrogens is 262 g/mol. The van der Waals surface area contributed by atoms with Crippen LogP contribution in [0.5, 0.6) is 17.2 Å². The standard InChI is InChI=1S/C11H13BO6.Na/c1-3-16-7-4-6(2)9-10(8(7)11(13)14)18-12(15)5-17-9;/h4,15H,3,5H2,1-2H3,(H,13,14);/q;+1/p-1. The van der Waals surface area contributed by atoms with E-state index in [9.17, 15) is 14.9 Å². The predicted octanol–water partition coefficient (Wildman–Crippen LogP) is -3.45. The zero-order valence-electron chi connectivity index (χ0n) is 11.1. The first kappa shape index (κ1) is 16.2. The molecule has 0 atom stereocenters. The molecule has 19 heavy (non-hydrogen) atoms. The van der Waals surface area contributed by atoms with Crippen molar-refractivity contribution < 1.29 is 58.6 Å². The average molecular weight is 274 g/mol. The van der Waals surface area contributed by atoms with Crippen LogP contribution in [0.3, 0.4) is 0 Å². The quantitative estimate of drug-likeness (QED) is 0.577. The van der Waals surface area contributed by atoms with Crippen molar-refractivity contribution in [1.82, 2.24) is 0 Å². The number of aryl methyl sites for hydroxylation is 1. The third-order valence-electron chi connectivity index (χ3n) is 2.51. The van der Waals surface area contributed by atoms with E-state index in [1.165, 1.54) is 0 Å². The van der Waals surface area contributed by atoms with Gasteiger partial charge in [0.15, 0.2) is 11.5 Å². The van der Waals surface area contributed by atoms with Crippen molar-refractivity contribution in [3.8, 4) is 17.2 Å². The molecule has 0 bridgehead atoms. The molecule has 0 unspecified atom stereocenters. The molecule has 1 aromatic rings. The second kappa shape index (κ2) is 6.52. The first-order chi connectivity index (χ1) is 8.54. The summed E-state index contributed by atoms with van der Waals surface area (Å²) in [6.07, 6.45) is 0. The first-order valence-electron chi connectivity index (χ1n) is 5.53. The summed E-state index contributed by atoms with van der Waals surface area (Å²) < 4.78 is 15.6. The van der Waals surface area contributed by atoms with Crippen LogP contribution in [0.2, 0.25) is 0 Å². The fraction of sp³-hybridized carbons (Fsp3) is 0.364. The Balaban J connectivity index is 0.00000180. The van der Waals surface area contributed by atoms with Gasteiger partial charge in [0.25, 0.3) is 0 Å². The molecule has 0 spiro atoms. The Morgan fingerprint density at radius 1 is 1.58 bits per heavy atom. The first-order valence-corrected chi connectivity index (χ1v) is 5.53. The Hall–Kier alpha value is -0.885. The van der Waals surface area contributed by atoms with E-state index in [1.54, 1.807) is 19.9 Å². The molecule has 0 aromatic heterocycles. The molecule has 1 aliphatic rings. The Morgan fingerprint density at radius 3 is 2.84 bits per heavy atom. The van der Waals surface area contributed by atoms with E-state index in [4.69, 9.17) is 14.1 Å². The van der Waals surface area contributed by atoms with E-state index < -0.39 is 13.1 Å². The number of rotatable bonds is 3. The SMILES string of the molecule is CCOc1cc(C)c2c(c1C(=O)[O-])OB(O)CO2.[Na+]. The summed E-state index contributed by atoms with van der Waals surface area (Å²) >= 11 is 0. The summed E-state index contributed by atoms with van der Waals surface area (Å²) in [5.74, 6) is -1.04. The van der Waals surface area contributed by atoms with Gasteiger partial charge in [0, 0.05) is 0 Å². The number of fused-ring (bicyclic) bond motifs is 1. The van der Waals surface area contributed by atoms with Gasteiger partial charge in [0.1, 0.15) is 12.3 Å². The Bertz CT molecular complexity index is 493. The summed E-state index contributed by atoms with van der Waals surface area (Å²) in [4.78, 5) is 11.2. The van der Waals surface area contributed by atoms with E-state index >= 15 is 0 Å². The van der Waals surface area contributed by atoms with Crippen LogP contribution in [0.1, 0.15) is 22.8 Å². The number of carboxylic acid groups (broad SMARTS) is 1. The van der Waals surface area contributed by atoms with E-state index in [1.807, 2.05) is 0 Å². The summed E-state index contributed by atoms with van der Waals surface area (Å²) in [6.45, 7) is 3.73. The summed E-state index contributed by atoms with van der Waals surface area (Å²) in [5, 5.41) is 20.6. The van der Waals surface area contributed by atoms with Gasteiger partial charge in [-0.25, -0.2) is 0 Å². The number of carbonyl (C=O) groups excluding carboxylic acids is 1. The third kappa shape index (κ3) is 3.17. The number of carbonyl (C=O) groups is 1. The zero-order valence-corrected chi connectivity index (χ0v) is 13.1. The zero-order chi connectivity index (χ0) is 13.3. The largest absolute Gasteiger partial charge is 1.00 e. The maximum atomic E-state index is 11.2. The van der Waals surface area contributed by atoms with Gasteiger partial charge >= 0.3 is 36.7 Å². The molecule has 96 valence electrons. The van der Waals surface area contributed by atoms with E-state index in [2.05, 4.69) is 0 Å². The van der Waals surface area contributed by atoms with Crippen molar-refractivity contribution in [2.75, 3.05) is 13.1 Å². The van der Waals surface area contributed by atoms with Gasteiger partial charge in [-0.3, -0.25) is 0 Å². The van der Waals surface area contributed by atoms with Crippen LogP contribution in [0, 0.1) is 6.92 Å². The van der Waals surface area contributed by atoms with E-state index in [0.29, 0.717) is 17.9 Å². The van der Waals surface area contributed by atoms with Crippen LogP contribution < -0.4 is 48.8 Å². The molecule has 0 aliphatic carbocycles. The van der Waals surface area contributed by atoms with Gasteiger partial charge in [-0.1, -0.05) is 0 Å². The summed E-state index contributed by atoms with van der Waals surface area (Å²) in [5.41, 5.74) is 0.432. The topological polar surface area (TPSA) is 88.1 Å². The van der Waals surface area contributed by atoms with Gasteiger partial charge < -0.3 is 29.1 Å². The normalized spacial score (nSPS) is 12.7. The summed E-state index contributed by atoms with van der Waals surface area (Å²) in [7, 11) is -1.20. The number of carboxylic acids is 1. The molecule has 0 fully saturated rings. The van der Waals surface area contributed by atoms with Gasteiger partial charge in [-0.05, 0) is 25.5 Å². The molecule has 0 radical (unpaired) electrons. The molecule has 1 N–H and O–H groups in total. The van der Waals surface area contributed by atoms with Crippen LogP contribution in [0.25, 0.3) is 0 Å². The summed E-state index contributed by atoms with van der Waals surface area (Å²) in [6, 6.07) is 1.55. The van der Waals surface area contributed by atoms with Crippen molar-refractivity contribution >= 4 is 13.1 Å². The molecular formula is C11H12BNaO6. The van der Waals surface area contributed by atoms with Gasteiger partial charge in [0.05, 0.1) is 18.1 Å². The minimum atomic E-state index is -1.44. The van der Waals surface area contributed by atoms with Crippen LogP contribution in [0.4, 0.5) is 0 Å². The van der Waals surface area contributed by atoms with Crippen LogP contribution in [-0.2, 0) is 0 Å². The number of hydrogen-bond donors (Lipinski definition) is 1. The van der Waals surface area contributed by atoms with Gasteiger partial charge in [-0.15, -0.1) is 0 Å². The molecule has 8 heteroatoms. The van der Waals surface area contributed by atoms with Crippen molar-refractivity contribution in [2.24, 2.45) is 0 Å². The Kier molecular flexibility index (Phi) is 5.55. The van der Waals surface area contributed by atoms with Crippen LogP contribution >= 0.6 is 0 Å². The van der Waals surface area contributed by atoms with Gasteiger partial charge in [-0.2, -0.15) is 0 Å². The fourth-order valence-corrected chi connectivity index (χ4v) is 1.82. The molecule has 1 heterocycles. The Morgan fingerprint density at radius 2 is 2.26 bits per heavy atom. The number of hydrogen-bond acceptors (Lipinski definition) is 6. The molecule has 1 aromatic carbocycles. The van der Waals surface area contributed by atoms with Crippen molar-refractivity contribution in [2.45, 2.75) is 13.8 Å². The maximum Gasteiger partial charge on any atom is 1.00 e. The van der Waals surface area contributed by atoms with Crippen molar-refractivity contribution in [1.29, 1.82) is 0 Å². The second-order valence-electron chi connectivity index (χ2n) is 3.83. The van der Waals surface area contributed by atoms with Crippen molar-refractivity contribution in [3.05, 3.63) is 17.2 Å². The van der Waals surface area contributed by atoms with Crippen LogP contribution in [0.15, 0.2) is 6.07 Å². The minimum absolute atomic E-state index is 0. The maximum absolute atomic E-state index is 11.2. The third-order valence-corrected chi connectivity index (χ3v) is 2.51. The fourth-order valence-electron chi connectivity index (χ4n) is 1.82. The second-order valence-corrected chi connectivity index (χ2v) is 3.83. The molecule has 0 amide bonds. The van der Waals surface area contributed by atoms with E-state index in [-0.39, 0.29) is 53.1 Å². The van der Waals surface area contributed by atoms with E-state index in [0.717, 1.165) is 0 Å².